The number of nitrogens with one attached hydrogen (secondary N) is 1. The van der Waals surface area contributed by atoms with Crippen molar-refractivity contribution in [3.05, 3.63) is 59.4 Å². The molecule has 2 heterocycles. The van der Waals surface area contributed by atoms with Crippen LogP contribution in [0.15, 0.2) is 42.5 Å². The molecule has 4 rings (SSSR count). The van der Waals surface area contributed by atoms with Gasteiger partial charge >= 0.3 is 0 Å². The fraction of sp³-hybridized carbons (Fsp3) is 0.435. The average molecular weight is 398 g/mol. The van der Waals surface area contributed by atoms with Gasteiger partial charge in [0, 0.05) is 42.9 Å². The molecule has 2 aromatic carbocycles. The molecule has 0 aromatic heterocycles. The molecule has 1 saturated heterocycles. The zero-order valence-corrected chi connectivity index (χ0v) is 16.5. The first-order chi connectivity index (χ1) is 14.0. The summed E-state index contributed by atoms with van der Waals surface area (Å²) >= 11 is 0. The van der Waals surface area contributed by atoms with Crippen molar-refractivity contribution in [2.24, 2.45) is 0 Å². The number of piperidine rings is 1. The number of rotatable bonds is 6. The van der Waals surface area contributed by atoms with Crippen LogP contribution in [0.25, 0.3) is 0 Å². The van der Waals surface area contributed by atoms with Crippen LogP contribution in [0.5, 0.6) is 5.75 Å². The molecule has 0 atom stereocenters. The average Bonchev–Trinajstić information content (AvgIpc) is 2.72. The van der Waals surface area contributed by atoms with E-state index in [2.05, 4.69) is 10.2 Å². The van der Waals surface area contributed by atoms with Crippen LogP contribution >= 0.6 is 0 Å². The van der Waals surface area contributed by atoms with Gasteiger partial charge in [-0.1, -0.05) is 24.3 Å². The molecule has 2 aliphatic rings. The van der Waals surface area contributed by atoms with E-state index in [1.807, 2.05) is 18.2 Å². The van der Waals surface area contributed by atoms with Crippen LogP contribution in [0, 0.1) is 5.82 Å². The van der Waals surface area contributed by atoms with Crippen LogP contribution in [0.2, 0.25) is 0 Å². The van der Waals surface area contributed by atoms with E-state index < -0.39 is 5.60 Å². The SMILES string of the molecule is O=C1CCc2c(cccc2OCCCN2CCC(O)(c3ccccc3F)CC2)N1. The van der Waals surface area contributed by atoms with E-state index in [0.29, 0.717) is 37.9 Å². The standard InChI is InChI=1S/C23H27FN2O3/c24-19-6-2-1-5-18(19)23(28)11-14-26(15-12-23)13-4-16-29-21-8-3-7-20-17(21)9-10-22(27)25-20/h1-3,5-8,28H,4,9-16H2,(H,25,27). The normalized spacial score (nSPS) is 18.8. The summed E-state index contributed by atoms with van der Waals surface area (Å²) in [5, 5.41) is 13.8. The summed E-state index contributed by atoms with van der Waals surface area (Å²) in [6.07, 6.45) is 3.12. The first-order valence-corrected chi connectivity index (χ1v) is 10.3. The van der Waals surface area contributed by atoms with Crippen LogP contribution in [-0.4, -0.2) is 42.2 Å². The molecule has 0 radical (unpaired) electrons. The number of fused-ring (bicyclic) bond motifs is 1. The van der Waals surface area contributed by atoms with E-state index in [9.17, 15) is 14.3 Å². The lowest BCUT2D eigenvalue weighted by Crippen LogP contribution is -2.43. The third-order valence-electron chi connectivity index (χ3n) is 5.94. The molecule has 154 valence electrons. The number of hydrogen-bond donors (Lipinski definition) is 2. The molecule has 0 spiro atoms. The number of halogens is 1. The quantitative estimate of drug-likeness (QED) is 0.732. The zero-order chi connectivity index (χ0) is 20.3. The lowest BCUT2D eigenvalue weighted by Gasteiger charge is -2.38. The lowest BCUT2D eigenvalue weighted by atomic mass is 9.84. The van der Waals surface area contributed by atoms with Crippen molar-refractivity contribution in [3.63, 3.8) is 0 Å². The minimum atomic E-state index is -1.08. The fourth-order valence-corrected chi connectivity index (χ4v) is 4.25. The van der Waals surface area contributed by atoms with Crippen molar-refractivity contribution >= 4 is 11.6 Å². The van der Waals surface area contributed by atoms with Crippen molar-refractivity contribution in [1.82, 2.24) is 4.90 Å². The zero-order valence-electron chi connectivity index (χ0n) is 16.5. The molecular weight excluding hydrogens is 371 g/mol. The van der Waals surface area contributed by atoms with Gasteiger partial charge in [0.2, 0.25) is 5.91 Å². The number of likely N-dealkylation sites (tertiary alicyclic amines) is 1. The number of carbonyl (C=O) groups is 1. The molecule has 0 unspecified atom stereocenters. The van der Waals surface area contributed by atoms with Crippen molar-refractivity contribution in [3.8, 4) is 5.75 Å². The number of anilines is 1. The highest BCUT2D eigenvalue weighted by Crippen LogP contribution is 2.34. The van der Waals surface area contributed by atoms with Crippen LogP contribution in [0.3, 0.4) is 0 Å². The summed E-state index contributed by atoms with van der Waals surface area (Å²) in [4.78, 5) is 13.8. The highest BCUT2D eigenvalue weighted by Gasteiger charge is 2.35. The van der Waals surface area contributed by atoms with Gasteiger partial charge in [-0.2, -0.15) is 0 Å². The molecule has 6 heteroatoms. The third kappa shape index (κ3) is 4.43. The third-order valence-corrected chi connectivity index (χ3v) is 5.94. The molecule has 1 fully saturated rings. The first-order valence-electron chi connectivity index (χ1n) is 10.3. The second-order valence-corrected chi connectivity index (χ2v) is 7.89. The Morgan fingerprint density at radius 2 is 1.90 bits per heavy atom. The maximum Gasteiger partial charge on any atom is 0.224 e. The van der Waals surface area contributed by atoms with Crippen LogP contribution in [0.1, 0.15) is 36.8 Å². The summed E-state index contributed by atoms with van der Waals surface area (Å²) < 4.78 is 20.0. The molecule has 29 heavy (non-hydrogen) atoms. The molecule has 2 aliphatic heterocycles. The van der Waals surface area contributed by atoms with E-state index in [-0.39, 0.29) is 11.7 Å². The number of ether oxygens (including phenoxy) is 1. The molecule has 1 amide bonds. The van der Waals surface area contributed by atoms with Crippen molar-refractivity contribution in [2.45, 2.75) is 37.7 Å². The van der Waals surface area contributed by atoms with Gasteiger partial charge in [0.1, 0.15) is 11.6 Å². The highest BCUT2D eigenvalue weighted by molar-refractivity contribution is 5.94. The lowest BCUT2D eigenvalue weighted by molar-refractivity contribution is -0.116. The van der Waals surface area contributed by atoms with Crippen LogP contribution in [0.4, 0.5) is 10.1 Å². The monoisotopic (exact) mass is 398 g/mol. The summed E-state index contributed by atoms with van der Waals surface area (Å²) in [6.45, 7) is 2.94. The van der Waals surface area contributed by atoms with Crippen LogP contribution < -0.4 is 10.1 Å². The molecule has 0 aliphatic carbocycles. The molecule has 0 bridgehead atoms. The minimum Gasteiger partial charge on any atom is -0.493 e. The minimum absolute atomic E-state index is 0.0510. The van der Waals surface area contributed by atoms with Gasteiger partial charge in [-0.3, -0.25) is 4.79 Å². The van der Waals surface area contributed by atoms with Crippen molar-refractivity contribution in [1.29, 1.82) is 0 Å². The highest BCUT2D eigenvalue weighted by atomic mass is 19.1. The number of carbonyl (C=O) groups excluding carboxylic acids is 1. The Balaban J connectivity index is 1.24. The van der Waals surface area contributed by atoms with E-state index in [1.54, 1.807) is 18.2 Å². The Hall–Kier alpha value is -2.44. The Morgan fingerprint density at radius 3 is 2.69 bits per heavy atom. The predicted molar refractivity (Wildman–Crippen MR) is 109 cm³/mol. The number of benzene rings is 2. The van der Waals surface area contributed by atoms with E-state index >= 15 is 0 Å². The summed E-state index contributed by atoms with van der Waals surface area (Å²) in [7, 11) is 0. The number of hydrogen-bond acceptors (Lipinski definition) is 4. The summed E-state index contributed by atoms with van der Waals surface area (Å²) in [6, 6.07) is 12.3. The number of nitrogens with zero attached hydrogens (tertiary/aromatic N) is 1. The topological polar surface area (TPSA) is 61.8 Å². The number of amides is 1. The molecule has 5 nitrogen and oxygen atoms in total. The van der Waals surface area contributed by atoms with Gasteiger partial charge in [0.15, 0.2) is 0 Å². The second kappa shape index (κ2) is 8.51. The maximum absolute atomic E-state index is 14.1. The summed E-state index contributed by atoms with van der Waals surface area (Å²) in [5.41, 5.74) is 1.25. The maximum atomic E-state index is 14.1. The van der Waals surface area contributed by atoms with E-state index in [1.165, 1.54) is 6.07 Å². The molecular formula is C23H27FN2O3. The van der Waals surface area contributed by atoms with Gasteiger partial charge in [0.25, 0.3) is 0 Å². The van der Waals surface area contributed by atoms with Crippen molar-refractivity contribution < 1.29 is 19.0 Å². The fourth-order valence-electron chi connectivity index (χ4n) is 4.25. The van der Waals surface area contributed by atoms with Crippen molar-refractivity contribution in [2.75, 3.05) is 31.6 Å². The molecule has 2 aromatic rings. The van der Waals surface area contributed by atoms with E-state index in [4.69, 9.17) is 4.74 Å². The molecule has 0 saturated carbocycles. The second-order valence-electron chi connectivity index (χ2n) is 7.89. The smallest absolute Gasteiger partial charge is 0.224 e. The first kappa shape index (κ1) is 19.9. The Kier molecular flexibility index (Phi) is 5.83. The predicted octanol–water partition coefficient (Wildman–Crippen LogP) is 3.46. The largest absolute Gasteiger partial charge is 0.493 e. The molecule has 2 N–H and O–H groups in total. The van der Waals surface area contributed by atoms with E-state index in [0.717, 1.165) is 43.1 Å². The number of aliphatic hydroxyl groups is 1. The summed E-state index contributed by atoms with van der Waals surface area (Å²) in [5.74, 6) is 0.560. The van der Waals surface area contributed by atoms with Gasteiger partial charge < -0.3 is 20.1 Å². The Labute approximate surface area is 170 Å². The van der Waals surface area contributed by atoms with Gasteiger partial charge in [-0.05, 0) is 43.9 Å². The van der Waals surface area contributed by atoms with Crippen LogP contribution in [-0.2, 0) is 16.8 Å². The van der Waals surface area contributed by atoms with Gasteiger partial charge in [0.05, 0.1) is 12.2 Å². The van der Waals surface area contributed by atoms with Gasteiger partial charge in [-0.25, -0.2) is 4.39 Å². The Bertz CT molecular complexity index is 878. The van der Waals surface area contributed by atoms with Gasteiger partial charge in [-0.15, -0.1) is 0 Å². The Morgan fingerprint density at radius 1 is 1.10 bits per heavy atom.